The van der Waals surface area contributed by atoms with Crippen LogP contribution in [0, 0.1) is 0 Å². The summed E-state index contributed by atoms with van der Waals surface area (Å²) in [6.07, 6.45) is -1.17. The number of aliphatic hydroxyl groups is 4. The van der Waals surface area contributed by atoms with Crippen LogP contribution in [0.1, 0.15) is 12.8 Å². The van der Waals surface area contributed by atoms with Crippen molar-refractivity contribution in [1.82, 2.24) is 39.0 Å². The Morgan fingerprint density at radius 2 is 1.49 bits per heavy atom. The molecule has 2 aliphatic rings. The number of nitrogen functional groups attached to an aromatic ring is 2. The number of aromatic amines is 1. The van der Waals surface area contributed by atoms with E-state index in [9.17, 15) is 25.2 Å². The van der Waals surface area contributed by atoms with Crippen molar-refractivity contribution >= 4 is 34.1 Å². The highest BCUT2D eigenvalue weighted by Crippen LogP contribution is 2.55. The zero-order chi connectivity index (χ0) is 26.1. The minimum Gasteiger partial charge on any atom is -0.394 e. The molecule has 4 aromatic heterocycles. The predicted molar refractivity (Wildman–Crippen MR) is 123 cm³/mol. The Hall–Kier alpha value is -3.74. The van der Waals surface area contributed by atoms with E-state index >= 15 is 0 Å². The van der Waals surface area contributed by atoms with E-state index < -0.39 is 54.6 Å². The first-order chi connectivity index (χ1) is 17.7. The number of rotatable bonds is 5. The first-order valence-electron chi connectivity index (χ1n) is 11.4. The number of H-pyrrole nitrogens is 1. The van der Waals surface area contributed by atoms with Crippen molar-refractivity contribution in [3.05, 3.63) is 29.3 Å². The van der Waals surface area contributed by atoms with Crippen LogP contribution in [0.2, 0.25) is 0 Å². The number of imidazole rings is 2. The van der Waals surface area contributed by atoms with Gasteiger partial charge in [-0.15, -0.1) is 0 Å². The van der Waals surface area contributed by atoms with Gasteiger partial charge in [-0.1, -0.05) is 0 Å². The lowest BCUT2D eigenvalue weighted by molar-refractivity contribution is -0.280. The van der Waals surface area contributed by atoms with Crippen LogP contribution in [-0.2, 0) is 20.9 Å². The number of nitrogens with one attached hydrogen (secondary N) is 1. The normalized spacial score (nSPS) is 32.1. The lowest BCUT2D eigenvalue weighted by atomic mass is 9.90. The molecule has 0 bridgehead atoms. The van der Waals surface area contributed by atoms with Crippen LogP contribution in [0.15, 0.2) is 23.8 Å². The maximum absolute atomic E-state index is 12.6. The molecule has 0 saturated carbocycles. The Labute approximate surface area is 206 Å². The number of aliphatic hydroxyl groups excluding tert-OH is 4. The topological polar surface area (TPSA) is 259 Å². The molecule has 6 atom stereocenters. The minimum atomic E-state index is -1.82. The van der Waals surface area contributed by atoms with Gasteiger partial charge in [0.2, 0.25) is 5.95 Å². The third kappa shape index (κ3) is 3.12. The molecule has 37 heavy (non-hydrogen) atoms. The molecule has 2 fully saturated rings. The summed E-state index contributed by atoms with van der Waals surface area (Å²) in [7, 11) is 0. The van der Waals surface area contributed by atoms with Crippen LogP contribution >= 0.6 is 0 Å². The molecule has 0 aromatic carbocycles. The molecule has 9 N–H and O–H groups in total. The first kappa shape index (κ1) is 23.6. The van der Waals surface area contributed by atoms with E-state index in [4.69, 9.17) is 20.9 Å². The summed E-state index contributed by atoms with van der Waals surface area (Å²) in [6, 6.07) is 0. The molecule has 6 heterocycles. The van der Waals surface area contributed by atoms with Gasteiger partial charge < -0.3 is 41.4 Å². The summed E-state index contributed by atoms with van der Waals surface area (Å²) in [5, 5.41) is 41.9. The molecule has 17 heteroatoms. The van der Waals surface area contributed by atoms with Crippen LogP contribution in [0.3, 0.4) is 0 Å². The number of fused-ring (bicyclic) bond motifs is 2. The van der Waals surface area contributed by atoms with E-state index in [0.717, 1.165) is 0 Å². The van der Waals surface area contributed by atoms with Gasteiger partial charge in [0.05, 0.1) is 38.1 Å². The SMILES string of the molecule is Nc1nc2c(ncn2[C@@]2([C@]3(n4cnc5c(N)ncnc54)C[C@H](O)[C@@H](CO)O3)C[C@H](O)[C@@H](CO)O2)c(=O)[nH]1. The zero-order valence-corrected chi connectivity index (χ0v) is 19.2. The van der Waals surface area contributed by atoms with Gasteiger partial charge in [-0.2, -0.15) is 4.98 Å². The summed E-state index contributed by atoms with van der Waals surface area (Å²) >= 11 is 0. The van der Waals surface area contributed by atoms with Crippen LogP contribution in [0.4, 0.5) is 11.8 Å². The molecule has 0 aliphatic carbocycles. The highest BCUT2D eigenvalue weighted by molar-refractivity contribution is 5.81. The summed E-state index contributed by atoms with van der Waals surface area (Å²) in [5.74, 6) is -0.116. The monoisotopic (exact) mass is 516 g/mol. The second-order valence-electron chi connectivity index (χ2n) is 9.07. The van der Waals surface area contributed by atoms with Crippen molar-refractivity contribution in [2.24, 2.45) is 0 Å². The number of aromatic nitrogens is 8. The van der Waals surface area contributed by atoms with E-state index in [1.807, 2.05) is 0 Å². The Kier molecular flexibility index (Phi) is 5.20. The molecule has 0 unspecified atom stereocenters. The van der Waals surface area contributed by atoms with Crippen LogP contribution in [0.5, 0.6) is 0 Å². The molecule has 0 spiro atoms. The molecular formula is C20H24N10O7. The van der Waals surface area contributed by atoms with Gasteiger partial charge in [0.1, 0.15) is 24.1 Å². The number of ether oxygens (including phenoxy) is 2. The van der Waals surface area contributed by atoms with Gasteiger partial charge in [0.25, 0.3) is 5.56 Å². The average Bonchev–Trinajstić information content (AvgIpc) is 3.63. The van der Waals surface area contributed by atoms with Crippen LogP contribution in [0.25, 0.3) is 22.3 Å². The summed E-state index contributed by atoms with van der Waals surface area (Å²) < 4.78 is 15.6. The van der Waals surface area contributed by atoms with Gasteiger partial charge in [-0.3, -0.25) is 18.9 Å². The smallest absolute Gasteiger partial charge is 0.280 e. The zero-order valence-electron chi connectivity index (χ0n) is 19.2. The quantitative estimate of drug-likeness (QED) is 0.137. The van der Waals surface area contributed by atoms with E-state index in [-0.39, 0.29) is 46.9 Å². The Morgan fingerprint density at radius 3 is 2.05 bits per heavy atom. The standard InChI is InChI=1S/C20H24N10O7/c21-14-12-15(24-5-23-14)29(6-25-12)19(1-8(33)10(3-31)36-19)20(2-9(34)11(4-32)37-20)30-7-26-13-16(30)27-18(22)28-17(13)35/h5-11,31-34H,1-4H2,(H2,21,23,24)(H3,22,27,28,35)/t8-,9-,10+,11+,19-,20-/m0/s1. The minimum absolute atomic E-state index is 0.00415. The molecule has 2 aliphatic heterocycles. The van der Waals surface area contributed by atoms with Crippen molar-refractivity contribution in [2.75, 3.05) is 24.7 Å². The van der Waals surface area contributed by atoms with Crippen LogP contribution in [-0.4, -0.2) is 97.1 Å². The molecule has 6 rings (SSSR count). The van der Waals surface area contributed by atoms with Gasteiger partial charge in [0.15, 0.2) is 34.1 Å². The van der Waals surface area contributed by atoms with Crippen molar-refractivity contribution in [3.63, 3.8) is 0 Å². The molecule has 4 aromatic rings. The summed E-state index contributed by atoms with van der Waals surface area (Å²) in [4.78, 5) is 36.0. The van der Waals surface area contributed by atoms with E-state index in [1.165, 1.54) is 28.1 Å². The van der Waals surface area contributed by atoms with E-state index in [0.29, 0.717) is 0 Å². The lowest BCUT2D eigenvalue weighted by Gasteiger charge is -2.46. The van der Waals surface area contributed by atoms with Crippen molar-refractivity contribution in [1.29, 1.82) is 0 Å². The van der Waals surface area contributed by atoms with Crippen molar-refractivity contribution < 1.29 is 29.9 Å². The number of hydrogen-bond acceptors (Lipinski definition) is 14. The Morgan fingerprint density at radius 1 is 0.919 bits per heavy atom. The predicted octanol–water partition coefficient (Wildman–Crippen LogP) is -3.29. The lowest BCUT2D eigenvalue weighted by Crippen LogP contribution is -2.57. The van der Waals surface area contributed by atoms with Gasteiger partial charge in [0, 0.05) is 12.8 Å². The van der Waals surface area contributed by atoms with E-state index in [1.54, 1.807) is 0 Å². The third-order valence-electron chi connectivity index (χ3n) is 7.06. The molecule has 2 saturated heterocycles. The highest BCUT2D eigenvalue weighted by atomic mass is 16.6. The fourth-order valence-corrected chi connectivity index (χ4v) is 5.40. The molecule has 0 amide bonds. The summed E-state index contributed by atoms with van der Waals surface area (Å²) in [5.41, 5.74) is 7.97. The van der Waals surface area contributed by atoms with Gasteiger partial charge in [-0.05, 0) is 0 Å². The fraction of sp³-hybridized carbons (Fsp3) is 0.500. The summed E-state index contributed by atoms with van der Waals surface area (Å²) in [6.45, 7) is -1.11. The molecule has 17 nitrogen and oxygen atoms in total. The maximum Gasteiger partial charge on any atom is 0.280 e. The second kappa shape index (κ2) is 8.13. The van der Waals surface area contributed by atoms with Crippen LogP contribution < -0.4 is 17.0 Å². The fourth-order valence-electron chi connectivity index (χ4n) is 5.40. The highest BCUT2D eigenvalue weighted by Gasteiger charge is 2.68. The Bertz CT molecular complexity index is 1550. The average molecular weight is 516 g/mol. The van der Waals surface area contributed by atoms with Crippen molar-refractivity contribution in [2.45, 2.75) is 48.7 Å². The van der Waals surface area contributed by atoms with Gasteiger partial charge in [-0.25, -0.2) is 19.9 Å². The van der Waals surface area contributed by atoms with Gasteiger partial charge >= 0.3 is 0 Å². The number of anilines is 2. The third-order valence-corrected chi connectivity index (χ3v) is 7.06. The first-order valence-corrected chi connectivity index (χ1v) is 11.4. The van der Waals surface area contributed by atoms with Crippen molar-refractivity contribution in [3.8, 4) is 0 Å². The number of nitrogens with zero attached hydrogens (tertiary/aromatic N) is 7. The number of nitrogens with two attached hydrogens (primary N) is 2. The maximum atomic E-state index is 12.6. The number of hydrogen-bond donors (Lipinski definition) is 7. The molecule has 0 radical (unpaired) electrons. The largest absolute Gasteiger partial charge is 0.394 e. The molecular weight excluding hydrogens is 492 g/mol. The Balaban J connectivity index is 1.70. The second-order valence-corrected chi connectivity index (χ2v) is 9.07. The van der Waals surface area contributed by atoms with E-state index in [2.05, 4.69) is 29.9 Å². The molecule has 196 valence electrons.